The summed E-state index contributed by atoms with van der Waals surface area (Å²) in [4.78, 5) is 24.8. The van der Waals surface area contributed by atoms with Crippen molar-refractivity contribution in [2.75, 3.05) is 35.0 Å². The molecule has 1 aromatic carbocycles. The molecule has 0 saturated carbocycles. The Bertz CT molecular complexity index is 1040. The zero-order valence-corrected chi connectivity index (χ0v) is 18.0. The molecule has 1 amide bonds. The summed E-state index contributed by atoms with van der Waals surface area (Å²) in [6.45, 7) is 4.14. The van der Waals surface area contributed by atoms with Crippen molar-refractivity contribution < 1.29 is 23.7 Å². The number of H-pyrrole nitrogens is 1. The summed E-state index contributed by atoms with van der Waals surface area (Å²) >= 11 is 0. The van der Waals surface area contributed by atoms with Gasteiger partial charge in [0.25, 0.3) is 5.91 Å². The van der Waals surface area contributed by atoms with Crippen LogP contribution >= 0.6 is 0 Å². The van der Waals surface area contributed by atoms with Crippen molar-refractivity contribution >= 4 is 17.1 Å². The summed E-state index contributed by atoms with van der Waals surface area (Å²) < 4.78 is 21.5. The van der Waals surface area contributed by atoms with E-state index in [2.05, 4.69) is 20.3 Å². The number of ether oxygens (including phenoxy) is 4. The molecule has 3 aromatic rings. The molecule has 2 aromatic heterocycles. The van der Waals surface area contributed by atoms with Gasteiger partial charge >= 0.3 is 0 Å². The molecule has 0 fully saturated rings. The molecule has 9 heteroatoms. The van der Waals surface area contributed by atoms with Gasteiger partial charge in [0, 0.05) is 25.4 Å². The van der Waals surface area contributed by atoms with Gasteiger partial charge in [-0.15, -0.1) is 0 Å². The number of nitrogens with one attached hydrogen (secondary N) is 2. The Morgan fingerprint density at radius 2 is 1.77 bits per heavy atom. The van der Waals surface area contributed by atoms with Crippen LogP contribution in [-0.2, 0) is 4.74 Å². The van der Waals surface area contributed by atoms with Gasteiger partial charge < -0.3 is 29.2 Å². The van der Waals surface area contributed by atoms with Gasteiger partial charge in [-0.05, 0) is 26.0 Å². The molecule has 0 atom stereocenters. The van der Waals surface area contributed by atoms with E-state index in [1.807, 2.05) is 13.8 Å². The topological polar surface area (TPSA) is 108 Å². The number of hydrogen-bond acceptors (Lipinski definition) is 7. The Balaban J connectivity index is 2.00. The molecule has 2 N–H and O–H groups in total. The normalized spacial score (nSPS) is 11.4. The Kier molecular flexibility index (Phi) is 6.12. The van der Waals surface area contributed by atoms with E-state index >= 15 is 0 Å². The summed E-state index contributed by atoms with van der Waals surface area (Å²) in [5.41, 5.74) is 2.18. The quantitative estimate of drug-likeness (QED) is 0.583. The maximum atomic E-state index is 12.7. The minimum absolute atomic E-state index is 0.261. The van der Waals surface area contributed by atoms with E-state index in [9.17, 15) is 4.79 Å². The Hall–Kier alpha value is -3.33. The van der Waals surface area contributed by atoms with E-state index < -0.39 is 5.60 Å². The predicted molar refractivity (Wildman–Crippen MR) is 112 cm³/mol. The average molecular weight is 414 g/mol. The molecule has 160 valence electrons. The summed E-state index contributed by atoms with van der Waals surface area (Å²) in [7, 11) is 6.24. The third kappa shape index (κ3) is 4.16. The third-order valence-electron chi connectivity index (χ3n) is 4.81. The first-order valence-corrected chi connectivity index (χ1v) is 9.31. The molecule has 0 saturated heterocycles. The largest absolute Gasteiger partial charge is 0.493 e. The molecular formula is C21H26N4O5. The second-order valence-electron chi connectivity index (χ2n) is 7.22. The number of benzene rings is 1. The minimum atomic E-state index is -0.477. The number of hydrogen-bond donors (Lipinski definition) is 2. The smallest absolute Gasteiger partial charge is 0.255 e. The van der Waals surface area contributed by atoms with Crippen LogP contribution in [0.4, 0.5) is 0 Å². The molecule has 0 aliphatic rings. The second kappa shape index (κ2) is 8.58. The lowest BCUT2D eigenvalue weighted by atomic mass is 10.1. The highest BCUT2D eigenvalue weighted by atomic mass is 16.5. The van der Waals surface area contributed by atoms with Crippen LogP contribution < -0.4 is 19.5 Å². The van der Waals surface area contributed by atoms with Gasteiger partial charge in [0.1, 0.15) is 5.52 Å². The van der Waals surface area contributed by atoms with Crippen LogP contribution in [0.15, 0.2) is 24.5 Å². The molecule has 0 aliphatic heterocycles. The fourth-order valence-electron chi connectivity index (χ4n) is 2.89. The first-order valence-electron chi connectivity index (χ1n) is 9.31. The average Bonchev–Trinajstić information content (AvgIpc) is 3.19. The number of aromatic nitrogens is 3. The maximum absolute atomic E-state index is 12.7. The lowest BCUT2D eigenvalue weighted by Crippen LogP contribution is -2.39. The fourth-order valence-corrected chi connectivity index (χ4v) is 2.89. The molecule has 0 radical (unpaired) electrons. The van der Waals surface area contributed by atoms with Crippen LogP contribution in [0.3, 0.4) is 0 Å². The Morgan fingerprint density at radius 1 is 1.10 bits per heavy atom. The Labute approximate surface area is 174 Å². The minimum Gasteiger partial charge on any atom is -0.493 e. The van der Waals surface area contributed by atoms with Gasteiger partial charge in [0.05, 0.1) is 44.4 Å². The number of carbonyl (C=O) groups excluding carboxylic acids is 1. The van der Waals surface area contributed by atoms with Crippen molar-refractivity contribution in [2.24, 2.45) is 0 Å². The number of nitrogens with zero attached hydrogens (tertiary/aromatic N) is 2. The van der Waals surface area contributed by atoms with Gasteiger partial charge in [-0.3, -0.25) is 4.79 Å². The lowest BCUT2D eigenvalue weighted by Gasteiger charge is -2.22. The molecular weight excluding hydrogens is 388 g/mol. The van der Waals surface area contributed by atoms with E-state index in [1.165, 1.54) is 0 Å². The van der Waals surface area contributed by atoms with Gasteiger partial charge in [-0.25, -0.2) is 9.97 Å². The first kappa shape index (κ1) is 21.4. The van der Waals surface area contributed by atoms with Gasteiger partial charge in [-0.1, -0.05) is 0 Å². The number of amides is 1. The summed E-state index contributed by atoms with van der Waals surface area (Å²) in [6, 6.07) is 3.56. The third-order valence-corrected chi connectivity index (χ3v) is 4.81. The first-order chi connectivity index (χ1) is 14.3. The van der Waals surface area contributed by atoms with Gasteiger partial charge in [0.2, 0.25) is 5.75 Å². The zero-order valence-electron chi connectivity index (χ0n) is 18.0. The Morgan fingerprint density at radius 3 is 2.33 bits per heavy atom. The van der Waals surface area contributed by atoms with Crippen molar-refractivity contribution in [3.63, 3.8) is 0 Å². The van der Waals surface area contributed by atoms with Crippen molar-refractivity contribution in [1.82, 2.24) is 20.3 Å². The molecule has 0 aliphatic carbocycles. The zero-order chi connectivity index (χ0) is 21.9. The summed E-state index contributed by atoms with van der Waals surface area (Å²) in [5.74, 6) is 1.23. The standard InChI is InChI=1S/C21H26N4O5/c1-21(2,30-6)11-24-20(26)13-9-22-19-17(13)25-14(10-23-19)12-7-15(27-3)18(29-5)16(8-12)28-4/h7-10H,11H2,1-6H3,(H,22,23)(H,24,26). The molecule has 2 heterocycles. The van der Waals surface area contributed by atoms with Crippen molar-refractivity contribution in [3.05, 3.63) is 30.1 Å². The number of rotatable bonds is 8. The molecule has 0 spiro atoms. The number of aromatic amines is 1. The molecule has 3 rings (SSSR count). The molecule has 30 heavy (non-hydrogen) atoms. The fraction of sp³-hybridized carbons (Fsp3) is 0.381. The monoisotopic (exact) mass is 414 g/mol. The SMILES string of the molecule is COc1cc(-c2cnc3[nH]cc(C(=O)NCC(C)(C)OC)c3n2)cc(OC)c1OC. The highest BCUT2D eigenvalue weighted by molar-refractivity contribution is 6.04. The molecule has 0 unspecified atom stereocenters. The highest BCUT2D eigenvalue weighted by Crippen LogP contribution is 2.40. The van der Waals surface area contributed by atoms with Crippen molar-refractivity contribution in [3.8, 4) is 28.5 Å². The van der Waals surface area contributed by atoms with Gasteiger partial charge in [0.15, 0.2) is 17.1 Å². The van der Waals surface area contributed by atoms with Crippen LogP contribution in [0.1, 0.15) is 24.2 Å². The predicted octanol–water partition coefficient (Wildman–Crippen LogP) is 2.81. The van der Waals surface area contributed by atoms with Crippen LogP contribution in [0.2, 0.25) is 0 Å². The van der Waals surface area contributed by atoms with E-state index in [4.69, 9.17) is 18.9 Å². The summed E-state index contributed by atoms with van der Waals surface area (Å²) in [5, 5.41) is 2.87. The van der Waals surface area contributed by atoms with E-state index in [0.29, 0.717) is 51.8 Å². The van der Waals surface area contributed by atoms with E-state index in [0.717, 1.165) is 0 Å². The molecule has 0 bridgehead atoms. The molecule has 9 nitrogen and oxygen atoms in total. The van der Waals surface area contributed by atoms with Crippen LogP contribution in [0, 0.1) is 0 Å². The highest BCUT2D eigenvalue weighted by Gasteiger charge is 2.21. The van der Waals surface area contributed by atoms with Crippen LogP contribution in [0.5, 0.6) is 17.2 Å². The number of methoxy groups -OCH3 is 4. The van der Waals surface area contributed by atoms with Crippen molar-refractivity contribution in [2.45, 2.75) is 19.4 Å². The van der Waals surface area contributed by atoms with E-state index in [1.54, 1.807) is 53.0 Å². The number of carbonyl (C=O) groups is 1. The maximum Gasteiger partial charge on any atom is 0.255 e. The van der Waals surface area contributed by atoms with Crippen LogP contribution in [-0.4, -0.2) is 61.4 Å². The summed E-state index contributed by atoms with van der Waals surface area (Å²) in [6.07, 6.45) is 3.22. The number of fused-ring (bicyclic) bond motifs is 1. The van der Waals surface area contributed by atoms with Crippen molar-refractivity contribution in [1.29, 1.82) is 0 Å². The lowest BCUT2D eigenvalue weighted by molar-refractivity contribution is 0.0229. The second-order valence-corrected chi connectivity index (χ2v) is 7.22. The van der Waals surface area contributed by atoms with E-state index in [-0.39, 0.29) is 5.91 Å². The van der Waals surface area contributed by atoms with Crippen LogP contribution in [0.25, 0.3) is 22.4 Å². The van der Waals surface area contributed by atoms with Gasteiger partial charge in [-0.2, -0.15) is 0 Å².